The number of hydrogen-bond donors (Lipinski definition) is 2. The Morgan fingerprint density at radius 2 is 2.26 bits per heavy atom. The molecule has 0 spiro atoms. The van der Waals surface area contributed by atoms with Crippen molar-refractivity contribution < 1.29 is 9.90 Å². The quantitative estimate of drug-likeness (QED) is 0.894. The first-order valence-corrected chi connectivity index (χ1v) is 7.15. The van der Waals surface area contributed by atoms with Crippen molar-refractivity contribution in [2.24, 2.45) is 0 Å². The number of thiophene rings is 1. The molecule has 2 heterocycles. The minimum Gasteiger partial charge on any atom is -0.481 e. The highest BCUT2D eigenvalue weighted by molar-refractivity contribution is 9.11. The van der Waals surface area contributed by atoms with Gasteiger partial charge in [-0.2, -0.15) is 0 Å². The van der Waals surface area contributed by atoms with Gasteiger partial charge in [0.25, 0.3) is 5.56 Å². The summed E-state index contributed by atoms with van der Waals surface area (Å²) in [6, 6.07) is 3.75. The summed E-state index contributed by atoms with van der Waals surface area (Å²) in [5.74, 6) is -0.415. The number of nitrogens with one attached hydrogen (secondary N) is 1. The zero-order valence-electron chi connectivity index (χ0n) is 10.1. The van der Waals surface area contributed by atoms with Gasteiger partial charge >= 0.3 is 5.97 Å². The van der Waals surface area contributed by atoms with Gasteiger partial charge in [-0.05, 0) is 41.4 Å². The van der Waals surface area contributed by atoms with E-state index in [1.165, 1.54) is 11.3 Å². The van der Waals surface area contributed by atoms with Gasteiger partial charge in [0.2, 0.25) is 0 Å². The van der Waals surface area contributed by atoms with Crippen LogP contribution in [0.25, 0.3) is 10.7 Å². The first-order chi connectivity index (χ1) is 8.97. The fourth-order valence-corrected chi connectivity index (χ4v) is 3.03. The number of aromatic amines is 1. The number of aliphatic carboxylic acids is 1. The number of H-pyrrole nitrogens is 1. The molecule has 0 radical (unpaired) electrons. The second-order valence-electron chi connectivity index (χ2n) is 3.98. The maximum Gasteiger partial charge on any atom is 0.303 e. The van der Waals surface area contributed by atoms with Gasteiger partial charge in [0, 0.05) is 17.7 Å². The average Bonchev–Trinajstić information content (AvgIpc) is 2.74. The number of aromatic nitrogens is 2. The van der Waals surface area contributed by atoms with E-state index in [4.69, 9.17) is 5.11 Å². The summed E-state index contributed by atoms with van der Waals surface area (Å²) in [7, 11) is 0. The van der Waals surface area contributed by atoms with E-state index < -0.39 is 5.97 Å². The second kappa shape index (κ2) is 5.66. The van der Waals surface area contributed by atoms with E-state index in [2.05, 4.69) is 25.9 Å². The molecule has 0 unspecified atom stereocenters. The van der Waals surface area contributed by atoms with Crippen LogP contribution in [0.15, 0.2) is 20.7 Å². The lowest BCUT2D eigenvalue weighted by atomic mass is 10.1. The van der Waals surface area contributed by atoms with Crippen LogP contribution in [-0.2, 0) is 11.2 Å². The van der Waals surface area contributed by atoms with Crippen molar-refractivity contribution in [3.8, 4) is 10.7 Å². The molecule has 100 valence electrons. The van der Waals surface area contributed by atoms with E-state index in [0.29, 0.717) is 17.1 Å². The predicted octanol–water partition coefficient (Wildman–Crippen LogP) is 2.59. The Hall–Kier alpha value is -1.47. The van der Waals surface area contributed by atoms with Gasteiger partial charge in [-0.3, -0.25) is 9.59 Å². The third-order valence-electron chi connectivity index (χ3n) is 2.62. The molecule has 2 N–H and O–H groups in total. The van der Waals surface area contributed by atoms with Crippen molar-refractivity contribution >= 4 is 33.2 Å². The number of aryl methyl sites for hydroxylation is 1. The number of carbonyl (C=O) groups is 1. The Labute approximate surface area is 121 Å². The third kappa shape index (κ3) is 3.30. The van der Waals surface area contributed by atoms with Gasteiger partial charge in [0.15, 0.2) is 5.82 Å². The summed E-state index contributed by atoms with van der Waals surface area (Å²) < 4.78 is 0.956. The SMILES string of the molecule is Cc1nc(-c2ccc(Br)s2)[nH]c(=O)c1CCC(=O)O. The number of rotatable bonds is 4. The Morgan fingerprint density at radius 1 is 1.53 bits per heavy atom. The molecule has 0 aliphatic heterocycles. The van der Waals surface area contributed by atoms with Crippen molar-refractivity contribution in [3.63, 3.8) is 0 Å². The molecule has 5 nitrogen and oxygen atoms in total. The Bertz CT molecular complexity index is 678. The van der Waals surface area contributed by atoms with E-state index >= 15 is 0 Å². The number of carboxylic acid groups (broad SMARTS) is 1. The summed E-state index contributed by atoms with van der Waals surface area (Å²) in [6.45, 7) is 1.72. The van der Waals surface area contributed by atoms with Gasteiger partial charge in [0.1, 0.15) is 0 Å². The van der Waals surface area contributed by atoms with Crippen LogP contribution in [0.1, 0.15) is 17.7 Å². The van der Waals surface area contributed by atoms with E-state index in [1.54, 1.807) is 6.92 Å². The lowest BCUT2D eigenvalue weighted by molar-refractivity contribution is -0.136. The Balaban J connectivity index is 2.36. The number of halogens is 1. The van der Waals surface area contributed by atoms with E-state index in [0.717, 1.165) is 8.66 Å². The van der Waals surface area contributed by atoms with Gasteiger partial charge < -0.3 is 10.1 Å². The standard InChI is InChI=1S/C12H11BrN2O3S/c1-6-7(2-5-10(16)17)12(18)15-11(14-6)8-3-4-9(13)19-8/h3-4H,2,5H2,1H3,(H,16,17)(H,14,15,18). The van der Waals surface area contributed by atoms with Crippen molar-refractivity contribution in [2.45, 2.75) is 19.8 Å². The smallest absolute Gasteiger partial charge is 0.303 e. The topological polar surface area (TPSA) is 83.0 Å². The monoisotopic (exact) mass is 342 g/mol. The summed E-state index contributed by atoms with van der Waals surface area (Å²) in [4.78, 5) is 30.4. The first-order valence-electron chi connectivity index (χ1n) is 5.54. The van der Waals surface area contributed by atoms with Crippen LogP contribution in [0.2, 0.25) is 0 Å². The zero-order chi connectivity index (χ0) is 14.0. The maximum absolute atomic E-state index is 12.0. The summed E-state index contributed by atoms with van der Waals surface area (Å²) in [5.41, 5.74) is 0.736. The number of nitrogens with zero attached hydrogens (tertiary/aromatic N) is 1. The molecular formula is C12H11BrN2O3S. The minimum atomic E-state index is -0.926. The molecule has 0 amide bonds. The molecule has 0 saturated heterocycles. The molecular weight excluding hydrogens is 332 g/mol. The molecule has 19 heavy (non-hydrogen) atoms. The highest BCUT2D eigenvalue weighted by Gasteiger charge is 2.12. The van der Waals surface area contributed by atoms with E-state index in [9.17, 15) is 9.59 Å². The van der Waals surface area contributed by atoms with Gasteiger partial charge in [-0.25, -0.2) is 4.98 Å². The van der Waals surface area contributed by atoms with Gasteiger partial charge in [-0.1, -0.05) is 0 Å². The minimum absolute atomic E-state index is 0.0739. The van der Waals surface area contributed by atoms with Crippen molar-refractivity contribution in [2.75, 3.05) is 0 Å². The fourth-order valence-electron chi connectivity index (χ4n) is 1.70. The van der Waals surface area contributed by atoms with Gasteiger partial charge in [-0.15, -0.1) is 11.3 Å². The van der Waals surface area contributed by atoms with Crippen LogP contribution in [0.4, 0.5) is 0 Å². The molecule has 0 atom stereocenters. The van der Waals surface area contributed by atoms with E-state index in [-0.39, 0.29) is 18.4 Å². The number of carboxylic acids is 1. The molecule has 0 bridgehead atoms. The van der Waals surface area contributed by atoms with Crippen LogP contribution < -0.4 is 5.56 Å². The third-order valence-corrected chi connectivity index (χ3v) is 4.25. The molecule has 2 aromatic rings. The van der Waals surface area contributed by atoms with Crippen molar-refractivity contribution in [3.05, 3.63) is 37.5 Å². The normalized spacial score (nSPS) is 10.6. The summed E-state index contributed by atoms with van der Waals surface area (Å²) in [6.07, 6.45) is 0.118. The molecule has 0 saturated carbocycles. The Kier molecular flexibility index (Phi) is 4.16. The number of hydrogen-bond acceptors (Lipinski definition) is 4. The average molecular weight is 343 g/mol. The van der Waals surface area contributed by atoms with Crippen LogP contribution in [-0.4, -0.2) is 21.0 Å². The molecule has 2 aromatic heterocycles. The highest BCUT2D eigenvalue weighted by Crippen LogP contribution is 2.28. The molecule has 7 heteroatoms. The largest absolute Gasteiger partial charge is 0.481 e. The van der Waals surface area contributed by atoms with Crippen molar-refractivity contribution in [1.29, 1.82) is 0 Å². The molecule has 0 aliphatic carbocycles. The van der Waals surface area contributed by atoms with Gasteiger partial charge in [0.05, 0.1) is 8.66 Å². The lowest BCUT2D eigenvalue weighted by Gasteiger charge is -2.05. The molecule has 0 fully saturated rings. The second-order valence-corrected chi connectivity index (χ2v) is 6.44. The molecule has 0 aliphatic rings. The predicted molar refractivity (Wildman–Crippen MR) is 76.6 cm³/mol. The zero-order valence-corrected chi connectivity index (χ0v) is 12.5. The molecule has 2 rings (SSSR count). The first kappa shape index (κ1) is 14.0. The maximum atomic E-state index is 12.0. The van der Waals surface area contributed by atoms with E-state index in [1.807, 2.05) is 12.1 Å². The van der Waals surface area contributed by atoms with Crippen LogP contribution >= 0.6 is 27.3 Å². The van der Waals surface area contributed by atoms with Crippen molar-refractivity contribution in [1.82, 2.24) is 9.97 Å². The highest BCUT2D eigenvalue weighted by atomic mass is 79.9. The molecule has 0 aromatic carbocycles. The van der Waals surface area contributed by atoms with Crippen LogP contribution in [0, 0.1) is 6.92 Å². The lowest BCUT2D eigenvalue weighted by Crippen LogP contribution is -2.18. The van der Waals surface area contributed by atoms with Crippen LogP contribution in [0.5, 0.6) is 0 Å². The summed E-state index contributed by atoms with van der Waals surface area (Å²) >= 11 is 4.83. The van der Waals surface area contributed by atoms with Crippen LogP contribution in [0.3, 0.4) is 0 Å². The fraction of sp³-hybridized carbons (Fsp3) is 0.250. The Morgan fingerprint density at radius 3 is 2.79 bits per heavy atom. The summed E-state index contributed by atoms with van der Waals surface area (Å²) in [5, 5.41) is 8.66.